The van der Waals surface area contributed by atoms with Gasteiger partial charge >= 0.3 is 6.03 Å². The first-order valence-electron chi connectivity index (χ1n) is 11.3. The molecule has 4 aromatic rings. The molecule has 1 aliphatic carbocycles. The van der Waals surface area contributed by atoms with Gasteiger partial charge in [0.25, 0.3) is 0 Å². The van der Waals surface area contributed by atoms with Gasteiger partial charge in [0.1, 0.15) is 11.0 Å². The molecule has 2 aliphatic rings. The fourth-order valence-corrected chi connectivity index (χ4v) is 7.47. The lowest BCUT2D eigenvalue weighted by molar-refractivity contribution is 0.195. The summed E-state index contributed by atoms with van der Waals surface area (Å²) in [5.41, 5.74) is 5.65. The van der Waals surface area contributed by atoms with Crippen LogP contribution < -0.4 is 5.32 Å². The highest BCUT2D eigenvalue weighted by atomic mass is 35.5. The molecule has 33 heavy (non-hydrogen) atoms. The lowest BCUT2D eigenvalue weighted by Crippen LogP contribution is -2.38. The molecule has 7 heteroatoms. The topological polar surface area (TPSA) is 37.3 Å². The molecule has 0 radical (unpaired) electrons. The molecular weight excluding hydrogens is 470 g/mol. The number of carbonyl (C=O) groups excluding carboxylic acids is 1. The van der Waals surface area contributed by atoms with Crippen LogP contribution in [0, 0.1) is 6.92 Å². The van der Waals surface area contributed by atoms with Crippen LogP contribution in [0.1, 0.15) is 51.0 Å². The smallest absolute Gasteiger partial charge is 0.310 e. The number of urea groups is 1. The van der Waals surface area contributed by atoms with E-state index < -0.39 is 0 Å². The number of hydrogen-bond acceptors (Lipinski definition) is 3. The third-order valence-electron chi connectivity index (χ3n) is 6.69. The maximum Gasteiger partial charge on any atom is 0.323 e. The van der Waals surface area contributed by atoms with Gasteiger partial charge in [-0.15, -0.1) is 22.7 Å². The zero-order valence-corrected chi connectivity index (χ0v) is 20.7. The average molecular weight is 494 g/mol. The maximum atomic E-state index is 13.9. The number of rotatable bonds is 2. The standard InChI is InChI=1S/C26H24ClN3OS2/c1-16-10-11-17(27)14-20(16)28-26(31)30-15-19-18-6-2-3-8-22(18)33-25(19)29-12-4-7-21(29)24(30)23-9-5-13-32-23/h4-5,7,9-14,24H,2-3,6,8,15H2,1H3,(H,28,31). The number of benzene rings is 1. The number of carbonyl (C=O) groups is 1. The summed E-state index contributed by atoms with van der Waals surface area (Å²) in [6.07, 6.45) is 6.87. The molecule has 0 saturated carbocycles. The van der Waals surface area contributed by atoms with Gasteiger partial charge in [0.2, 0.25) is 0 Å². The van der Waals surface area contributed by atoms with E-state index in [-0.39, 0.29) is 12.1 Å². The van der Waals surface area contributed by atoms with Crippen molar-refractivity contribution in [2.75, 3.05) is 5.32 Å². The summed E-state index contributed by atoms with van der Waals surface area (Å²) < 4.78 is 2.32. The summed E-state index contributed by atoms with van der Waals surface area (Å²) >= 11 is 9.85. The van der Waals surface area contributed by atoms with E-state index in [1.54, 1.807) is 11.3 Å². The number of fused-ring (bicyclic) bond motifs is 5. The summed E-state index contributed by atoms with van der Waals surface area (Å²) in [5, 5.41) is 7.14. The third-order valence-corrected chi connectivity index (χ3v) is 9.19. The minimum atomic E-state index is -0.154. The molecule has 2 amide bonds. The van der Waals surface area contributed by atoms with Crippen molar-refractivity contribution in [1.29, 1.82) is 0 Å². The van der Waals surface area contributed by atoms with Crippen LogP contribution in [0.3, 0.4) is 0 Å². The van der Waals surface area contributed by atoms with Gasteiger partial charge in [-0.1, -0.05) is 23.7 Å². The number of thiophene rings is 2. The molecule has 1 unspecified atom stereocenters. The SMILES string of the molecule is Cc1ccc(Cl)cc1NC(=O)N1Cc2c(sc3c2CCCC3)-n2cccc2C1c1cccs1. The highest BCUT2D eigenvalue weighted by molar-refractivity contribution is 7.15. The normalized spacial score (nSPS) is 17.2. The molecule has 0 spiro atoms. The lowest BCUT2D eigenvalue weighted by Gasteiger charge is -2.30. The Hall–Kier alpha value is -2.54. The number of anilines is 1. The second-order valence-corrected chi connectivity index (χ2v) is 11.2. The first-order chi connectivity index (χ1) is 16.1. The van der Waals surface area contributed by atoms with E-state index in [0.29, 0.717) is 11.6 Å². The monoisotopic (exact) mass is 493 g/mol. The van der Waals surface area contributed by atoms with Crippen molar-refractivity contribution in [3.63, 3.8) is 0 Å². The molecule has 1 atom stereocenters. The summed E-state index contributed by atoms with van der Waals surface area (Å²) in [4.78, 5) is 18.6. The van der Waals surface area contributed by atoms with E-state index in [1.807, 2.05) is 41.4 Å². The molecule has 1 N–H and O–H groups in total. The number of nitrogens with zero attached hydrogens (tertiary/aromatic N) is 2. The van der Waals surface area contributed by atoms with Crippen LogP contribution in [0.25, 0.3) is 5.00 Å². The Balaban J connectivity index is 1.49. The summed E-state index contributed by atoms with van der Waals surface area (Å²) in [5.74, 6) is 0. The highest BCUT2D eigenvalue weighted by Gasteiger charge is 2.36. The predicted molar refractivity (Wildman–Crippen MR) is 137 cm³/mol. The van der Waals surface area contributed by atoms with Crippen LogP contribution >= 0.6 is 34.3 Å². The van der Waals surface area contributed by atoms with Crippen molar-refractivity contribution < 1.29 is 4.79 Å². The Morgan fingerprint density at radius 2 is 2.00 bits per heavy atom. The number of amides is 2. The lowest BCUT2D eigenvalue weighted by atomic mass is 9.95. The van der Waals surface area contributed by atoms with Crippen molar-refractivity contribution in [3.05, 3.63) is 91.2 Å². The van der Waals surface area contributed by atoms with Crippen molar-refractivity contribution in [2.45, 2.75) is 45.2 Å². The number of hydrogen-bond donors (Lipinski definition) is 1. The summed E-state index contributed by atoms with van der Waals surface area (Å²) in [6, 6.07) is 13.8. The Morgan fingerprint density at radius 3 is 2.85 bits per heavy atom. The molecule has 0 bridgehead atoms. The van der Waals surface area contributed by atoms with Gasteiger partial charge < -0.3 is 14.8 Å². The van der Waals surface area contributed by atoms with E-state index in [9.17, 15) is 4.79 Å². The van der Waals surface area contributed by atoms with Gasteiger partial charge in [-0.3, -0.25) is 0 Å². The molecule has 0 saturated heterocycles. The zero-order valence-electron chi connectivity index (χ0n) is 18.3. The zero-order chi connectivity index (χ0) is 22.5. The molecule has 1 aliphatic heterocycles. The van der Waals surface area contributed by atoms with E-state index in [4.69, 9.17) is 11.6 Å². The fraction of sp³-hybridized carbons (Fsp3) is 0.269. The van der Waals surface area contributed by atoms with Crippen molar-refractivity contribution in [2.24, 2.45) is 0 Å². The van der Waals surface area contributed by atoms with Crippen LogP contribution in [0.15, 0.2) is 54.0 Å². The Bertz CT molecular complexity index is 1340. The number of aromatic nitrogens is 1. The Morgan fingerprint density at radius 1 is 1.12 bits per heavy atom. The Kier molecular flexibility index (Phi) is 5.32. The van der Waals surface area contributed by atoms with E-state index in [0.717, 1.165) is 34.7 Å². The number of aryl methyl sites for hydroxylation is 2. The van der Waals surface area contributed by atoms with E-state index >= 15 is 0 Å². The average Bonchev–Trinajstić information content (AvgIpc) is 3.55. The van der Waals surface area contributed by atoms with Crippen molar-refractivity contribution in [1.82, 2.24) is 9.47 Å². The van der Waals surface area contributed by atoms with E-state index in [2.05, 4.69) is 45.7 Å². The van der Waals surface area contributed by atoms with Crippen LogP contribution in [0.5, 0.6) is 0 Å². The van der Waals surface area contributed by atoms with Gasteiger partial charge in [0.15, 0.2) is 0 Å². The van der Waals surface area contributed by atoms with Crippen LogP contribution in [0.2, 0.25) is 5.02 Å². The quantitative estimate of drug-likeness (QED) is 0.307. The minimum absolute atomic E-state index is 0.102. The van der Waals surface area contributed by atoms with Gasteiger partial charge in [-0.05, 0) is 79.4 Å². The summed E-state index contributed by atoms with van der Waals surface area (Å²) in [7, 11) is 0. The van der Waals surface area contributed by atoms with Crippen LogP contribution in [-0.2, 0) is 19.4 Å². The molecule has 1 aromatic carbocycles. The van der Waals surface area contributed by atoms with Gasteiger partial charge in [0, 0.05) is 32.2 Å². The first-order valence-corrected chi connectivity index (χ1v) is 13.4. The second-order valence-electron chi connectivity index (χ2n) is 8.73. The fourth-order valence-electron chi connectivity index (χ4n) is 5.05. The molecule has 168 valence electrons. The van der Waals surface area contributed by atoms with Crippen LogP contribution in [-0.4, -0.2) is 15.5 Å². The van der Waals surface area contributed by atoms with Gasteiger partial charge in [0.05, 0.1) is 12.2 Å². The van der Waals surface area contributed by atoms with Crippen molar-refractivity contribution >= 4 is 46.0 Å². The summed E-state index contributed by atoms with van der Waals surface area (Å²) in [6.45, 7) is 2.58. The van der Waals surface area contributed by atoms with Crippen molar-refractivity contribution in [3.8, 4) is 5.00 Å². The molecule has 4 heterocycles. The number of nitrogens with one attached hydrogen (secondary N) is 1. The highest BCUT2D eigenvalue weighted by Crippen LogP contribution is 2.44. The molecule has 0 fully saturated rings. The van der Waals surface area contributed by atoms with Crippen LogP contribution in [0.4, 0.5) is 10.5 Å². The number of halogens is 1. The van der Waals surface area contributed by atoms with E-state index in [1.165, 1.54) is 33.8 Å². The third kappa shape index (κ3) is 3.61. The predicted octanol–water partition coefficient (Wildman–Crippen LogP) is 7.58. The molecule has 3 aromatic heterocycles. The largest absolute Gasteiger partial charge is 0.323 e. The van der Waals surface area contributed by atoms with Gasteiger partial charge in [-0.2, -0.15) is 0 Å². The maximum absolute atomic E-state index is 13.9. The second kappa shape index (κ2) is 8.35. The Labute approximate surface area is 206 Å². The minimum Gasteiger partial charge on any atom is -0.310 e. The first kappa shape index (κ1) is 21.0. The van der Waals surface area contributed by atoms with Gasteiger partial charge in [-0.25, -0.2) is 4.79 Å². The molecule has 6 rings (SSSR count). The molecule has 4 nitrogen and oxygen atoms in total. The molecular formula is C26H24ClN3OS2.